The van der Waals surface area contributed by atoms with Gasteiger partial charge in [0.1, 0.15) is 11.6 Å². The number of rotatable bonds is 6. The van der Waals surface area contributed by atoms with E-state index >= 15 is 0 Å². The highest BCUT2D eigenvalue weighted by Crippen LogP contribution is 2.29. The molecule has 0 aromatic heterocycles. The zero-order valence-electron chi connectivity index (χ0n) is 17.6. The second-order valence-corrected chi connectivity index (χ2v) is 8.42. The lowest BCUT2D eigenvalue weighted by Gasteiger charge is -2.29. The van der Waals surface area contributed by atoms with E-state index in [4.69, 9.17) is 9.47 Å². The Balaban J connectivity index is 1.52. The van der Waals surface area contributed by atoms with E-state index in [9.17, 15) is 13.2 Å². The maximum atomic E-state index is 14.5. The summed E-state index contributed by atoms with van der Waals surface area (Å²) in [5.41, 5.74) is 0.411. The van der Waals surface area contributed by atoms with Gasteiger partial charge in [0.25, 0.3) is 0 Å². The number of benzene rings is 1. The molecule has 3 rings (SSSR count). The maximum absolute atomic E-state index is 14.5. The van der Waals surface area contributed by atoms with E-state index in [0.717, 1.165) is 38.5 Å². The normalized spacial score (nSPS) is 27.1. The summed E-state index contributed by atoms with van der Waals surface area (Å²) in [6.45, 7) is 3.50. The largest absolute Gasteiger partial charge is 0.352 e. The van der Waals surface area contributed by atoms with Gasteiger partial charge in [-0.2, -0.15) is 0 Å². The minimum Gasteiger partial charge on any atom is -0.352 e. The summed E-state index contributed by atoms with van der Waals surface area (Å²) in [7, 11) is 0. The Morgan fingerprint density at radius 1 is 1.03 bits per heavy atom. The van der Waals surface area contributed by atoms with Crippen LogP contribution >= 0.6 is 0 Å². The second-order valence-electron chi connectivity index (χ2n) is 8.42. The summed E-state index contributed by atoms with van der Waals surface area (Å²) in [5, 5.41) is 0. The Kier molecular flexibility index (Phi) is 8.84. The SMILES string of the molecule is CCC[C@H]1CO[C@H](CCc2cc(F)c(C#CC3CCC(/C=C/F)CC3)c(F)c2)OC1. The van der Waals surface area contributed by atoms with Crippen LogP contribution in [0, 0.1) is 41.2 Å². The molecule has 1 saturated heterocycles. The highest BCUT2D eigenvalue weighted by Gasteiger charge is 2.22. The predicted molar refractivity (Wildman–Crippen MR) is 111 cm³/mol. The van der Waals surface area contributed by atoms with Crippen LogP contribution in [0.3, 0.4) is 0 Å². The van der Waals surface area contributed by atoms with Gasteiger partial charge in [-0.15, -0.1) is 0 Å². The van der Waals surface area contributed by atoms with Crippen LogP contribution in [0.5, 0.6) is 0 Å². The average molecular weight is 421 g/mol. The van der Waals surface area contributed by atoms with Crippen molar-refractivity contribution in [3.63, 3.8) is 0 Å². The zero-order chi connectivity index (χ0) is 21.3. The third-order valence-corrected chi connectivity index (χ3v) is 6.02. The fourth-order valence-corrected chi connectivity index (χ4v) is 4.23. The topological polar surface area (TPSA) is 18.5 Å². The number of ether oxygens (including phenoxy) is 2. The molecule has 0 radical (unpaired) electrons. The highest BCUT2D eigenvalue weighted by molar-refractivity contribution is 5.39. The van der Waals surface area contributed by atoms with Crippen LogP contribution in [-0.2, 0) is 15.9 Å². The first-order valence-electron chi connectivity index (χ1n) is 11.1. The summed E-state index contributed by atoms with van der Waals surface area (Å²) >= 11 is 0. The molecule has 0 spiro atoms. The van der Waals surface area contributed by atoms with Gasteiger partial charge in [0.2, 0.25) is 0 Å². The molecule has 2 fully saturated rings. The molecule has 1 heterocycles. The lowest BCUT2D eigenvalue weighted by Crippen LogP contribution is -2.32. The van der Waals surface area contributed by atoms with E-state index in [2.05, 4.69) is 18.8 Å². The van der Waals surface area contributed by atoms with Crippen LogP contribution in [0.1, 0.15) is 63.0 Å². The molecule has 2 aliphatic rings. The van der Waals surface area contributed by atoms with Crippen molar-refractivity contribution in [1.82, 2.24) is 0 Å². The molecule has 0 N–H and O–H groups in total. The van der Waals surface area contributed by atoms with Gasteiger partial charge in [0, 0.05) is 18.3 Å². The standard InChI is InChI=1S/C25H31F3O2/c1-2-3-21-16-29-25(30-17-21)11-9-20-14-23(27)22(24(28)15-20)10-8-18-4-6-19(7-5-18)12-13-26/h12-15,18-19,21,25H,2-7,9,11,16-17H2,1H3/b13-12+/t18?,19?,21-,25-. The molecule has 0 bridgehead atoms. The van der Waals surface area contributed by atoms with Crippen molar-refractivity contribution in [1.29, 1.82) is 0 Å². The lowest BCUT2D eigenvalue weighted by molar-refractivity contribution is -0.203. The van der Waals surface area contributed by atoms with Crippen molar-refractivity contribution in [2.75, 3.05) is 13.2 Å². The molecule has 5 heteroatoms. The fraction of sp³-hybridized carbons (Fsp3) is 0.600. The molecule has 0 amide bonds. The van der Waals surface area contributed by atoms with Crippen LogP contribution in [-0.4, -0.2) is 19.5 Å². The monoisotopic (exact) mass is 420 g/mol. The molecule has 30 heavy (non-hydrogen) atoms. The summed E-state index contributed by atoms with van der Waals surface area (Å²) in [6.07, 6.45) is 8.46. The number of hydrogen-bond acceptors (Lipinski definition) is 2. The summed E-state index contributed by atoms with van der Waals surface area (Å²) in [6, 6.07) is 2.72. The molecule has 1 aromatic carbocycles. The van der Waals surface area contributed by atoms with Crippen molar-refractivity contribution in [3.05, 3.63) is 47.3 Å². The number of allylic oxidation sites excluding steroid dienone is 1. The number of halogens is 3. The van der Waals surface area contributed by atoms with Gasteiger partial charge < -0.3 is 9.47 Å². The van der Waals surface area contributed by atoms with E-state index < -0.39 is 11.6 Å². The Morgan fingerprint density at radius 3 is 2.30 bits per heavy atom. The summed E-state index contributed by atoms with van der Waals surface area (Å²) in [4.78, 5) is 0. The predicted octanol–water partition coefficient (Wildman–Crippen LogP) is 6.33. The van der Waals surface area contributed by atoms with Gasteiger partial charge in [0.05, 0.1) is 25.1 Å². The number of hydrogen-bond donors (Lipinski definition) is 0. The van der Waals surface area contributed by atoms with Crippen molar-refractivity contribution in [2.24, 2.45) is 17.8 Å². The minimum atomic E-state index is -0.625. The molecule has 1 aliphatic heterocycles. The van der Waals surface area contributed by atoms with E-state index in [1.807, 2.05) is 0 Å². The molecule has 1 saturated carbocycles. The van der Waals surface area contributed by atoms with E-state index in [0.29, 0.717) is 43.9 Å². The average Bonchev–Trinajstić information content (AvgIpc) is 2.74. The molecule has 0 unspecified atom stereocenters. The van der Waals surface area contributed by atoms with Gasteiger partial charge in [-0.3, -0.25) is 0 Å². The molecular formula is C25H31F3O2. The van der Waals surface area contributed by atoms with Gasteiger partial charge in [-0.25, -0.2) is 13.2 Å². The third-order valence-electron chi connectivity index (χ3n) is 6.02. The van der Waals surface area contributed by atoms with Crippen molar-refractivity contribution >= 4 is 0 Å². The van der Waals surface area contributed by atoms with Gasteiger partial charge in [-0.05, 0) is 62.1 Å². The Morgan fingerprint density at radius 2 is 1.70 bits per heavy atom. The van der Waals surface area contributed by atoms with Crippen molar-refractivity contribution in [3.8, 4) is 11.8 Å². The summed E-state index contributed by atoms with van der Waals surface area (Å²) in [5.74, 6) is 5.25. The molecule has 0 atom stereocenters. The first kappa shape index (κ1) is 22.9. The van der Waals surface area contributed by atoms with E-state index in [1.54, 1.807) is 6.08 Å². The molecule has 164 valence electrons. The molecule has 1 aromatic rings. The van der Waals surface area contributed by atoms with Crippen LogP contribution in [0.2, 0.25) is 0 Å². The van der Waals surface area contributed by atoms with Crippen molar-refractivity contribution in [2.45, 2.75) is 64.6 Å². The Labute approximate surface area is 177 Å². The van der Waals surface area contributed by atoms with Gasteiger partial charge in [-0.1, -0.05) is 31.3 Å². The maximum Gasteiger partial charge on any atom is 0.157 e. The third kappa shape index (κ3) is 6.62. The lowest BCUT2D eigenvalue weighted by atomic mass is 9.82. The van der Waals surface area contributed by atoms with E-state index in [1.165, 1.54) is 12.1 Å². The highest BCUT2D eigenvalue weighted by atomic mass is 19.1. The van der Waals surface area contributed by atoms with Crippen LogP contribution in [0.4, 0.5) is 13.2 Å². The molecular weight excluding hydrogens is 389 g/mol. The fourth-order valence-electron chi connectivity index (χ4n) is 4.23. The van der Waals surface area contributed by atoms with Crippen LogP contribution in [0.15, 0.2) is 24.5 Å². The van der Waals surface area contributed by atoms with Gasteiger partial charge in [0.15, 0.2) is 6.29 Å². The van der Waals surface area contributed by atoms with Gasteiger partial charge >= 0.3 is 0 Å². The first-order valence-corrected chi connectivity index (χ1v) is 11.1. The number of aryl methyl sites for hydroxylation is 1. The van der Waals surface area contributed by atoms with Crippen LogP contribution < -0.4 is 0 Å². The Bertz CT molecular complexity index is 741. The zero-order valence-corrected chi connectivity index (χ0v) is 17.6. The van der Waals surface area contributed by atoms with Crippen LogP contribution in [0.25, 0.3) is 0 Å². The first-order chi connectivity index (χ1) is 14.6. The van der Waals surface area contributed by atoms with E-state index in [-0.39, 0.29) is 23.7 Å². The minimum absolute atomic E-state index is 0.102. The second kappa shape index (κ2) is 11.6. The Hall–Kier alpha value is -1.77. The molecule has 1 aliphatic carbocycles. The molecule has 2 nitrogen and oxygen atoms in total. The smallest absolute Gasteiger partial charge is 0.157 e. The quantitative estimate of drug-likeness (QED) is 0.501. The van der Waals surface area contributed by atoms with Crippen molar-refractivity contribution < 1.29 is 22.6 Å². The summed E-state index contributed by atoms with van der Waals surface area (Å²) < 4.78 is 52.7.